The van der Waals surface area contributed by atoms with Crippen molar-refractivity contribution in [3.63, 3.8) is 0 Å². The van der Waals surface area contributed by atoms with Crippen LogP contribution in [0.1, 0.15) is 129 Å². The Bertz CT molecular complexity index is 542. The average molecular weight is 421 g/mol. The molecule has 0 aliphatic rings. The van der Waals surface area contributed by atoms with E-state index in [1.807, 2.05) is 11.8 Å². The number of thioether (sulfide) groups is 1. The SMILES string of the molecule is CCCCCCCCCCCCSCc1cc(C(C)(C)C)c(O)c(C(C)(C)C)c1. The molecule has 1 aromatic rings. The van der Waals surface area contributed by atoms with E-state index in [0.29, 0.717) is 5.75 Å². The Labute approximate surface area is 186 Å². The lowest BCUT2D eigenvalue weighted by Gasteiger charge is -2.28. The average Bonchev–Trinajstić information content (AvgIpc) is 2.61. The molecule has 0 unspecified atom stereocenters. The monoisotopic (exact) mass is 420 g/mol. The van der Waals surface area contributed by atoms with Crippen LogP contribution in [0.3, 0.4) is 0 Å². The molecule has 0 fully saturated rings. The van der Waals surface area contributed by atoms with Gasteiger partial charge in [0.05, 0.1) is 0 Å². The lowest BCUT2D eigenvalue weighted by molar-refractivity contribution is 0.423. The molecule has 0 aliphatic heterocycles. The zero-order chi connectivity index (χ0) is 21.9. The normalized spacial score (nSPS) is 12.5. The molecule has 1 N–H and O–H groups in total. The fourth-order valence-corrected chi connectivity index (χ4v) is 4.76. The second-order valence-corrected chi connectivity index (χ2v) is 11.9. The molecule has 0 saturated heterocycles. The van der Waals surface area contributed by atoms with E-state index in [-0.39, 0.29) is 10.8 Å². The van der Waals surface area contributed by atoms with Crippen LogP contribution in [0.5, 0.6) is 5.75 Å². The summed E-state index contributed by atoms with van der Waals surface area (Å²) in [6, 6.07) is 4.46. The number of phenolic OH excluding ortho intramolecular Hbond substituents is 1. The van der Waals surface area contributed by atoms with E-state index in [9.17, 15) is 5.11 Å². The van der Waals surface area contributed by atoms with Crippen molar-refractivity contribution in [3.05, 3.63) is 28.8 Å². The molecule has 0 saturated carbocycles. The Morgan fingerprint density at radius 1 is 0.690 bits per heavy atom. The molecule has 1 rings (SSSR count). The van der Waals surface area contributed by atoms with Crippen LogP contribution in [0.15, 0.2) is 12.1 Å². The number of hydrogen-bond acceptors (Lipinski definition) is 2. The Morgan fingerprint density at radius 3 is 1.52 bits per heavy atom. The quantitative estimate of drug-likeness (QED) is 0.321. The van der Waals surface area contributed by atoms with Crippen molar-refractivity contribution in [2.75, 3.05) is 5.75 Å². The summed E-state index contributed by atoms with van der Waals surface area (Å²) in [5.74, 6) is 2.78. The van der Waals surface area contributed by atoms with Crippen molar-refractivity contribution in [3.8, 4) is 5.75 Å². The summed E-state index contributed by atoms with van der Waals surface area (Å²) >= 11 is 2.05. The third-order valence-electron chi connectivity index (χ3n) is 5.70. The van der Waals surface area contributed by atoms with Gasteiger partial charge >= 0.3 is 0 Å². The highest BCUT2D eigenvalue weighted by Gasteiger charge is 2.26. The molecule has 0 heterocycles. The summed E-state index contributed by atoms with van der Waals surface area (Å²) < 4.78 is 0. The fourth-order valence-electron chi connectivity index (χ4n) is 3.80. The maximum Gasteiger partial charge on any atom is 0.123 e. The number of hydrogen-bond donors (Lipinski definition) is 1. The van der Waals surface area contributed by atoms with Crippen molar-refractivity contribution < 1.29 is 5.11 Å². The molecular weight excluding hydrogens is 372 g/mol. The van der Waals surface area contributed by atoms with Gasteiger partial charge in [-0.25, -0.2) is 0 Å². The van der Waals surface area contributed by atoms with E-state index in [2.05, 4.69) is 60.6 Å². The molecule has 1 nitrogen and oxygen atoms in total. The number of phenols is 1. The minimum Gasteiger partial charge on any atom is -0.507 e. The summed E-state index contributed by atoms with van der Waals surface area (Å²) in [4.78, 5) is 0. The fraction of sp³-hybridized carbons (Fsp3) is 0.778. The van der Waals surface area contributed by atoms with Crippen LogP contribution in [0, 0.1) is 0 Å². The maximum absolute atomic E-state index is 10.9. The van der Waals surface area contributed by atoms with Crippen LogP contribution < -0.4 is 0 Å². The number of aromatic hydroxyl groups is 1. The van der Waals surface area contributed by atoms with Crippen LogP contribution in [0.25, 0.3) is 0 Å². The molecule has 0 aliphatic carbocycles. The van der Waals surface area contributed by atoms with Gasteiger partial charge < -0.3 is 5.11 Å². The van der Waals surface area contributed by atoms with Gasteiger partial charge in [0.15, 0.2) is 0 Å². The summed E-state index contributed by atoms with van der Waals surface area (Å²) in [5, 5.41) is 10.9. The molecule has 0 atom stereocenters. The molecule has 2 heteroatoms. The van der Waals surface area contributed by atoms with Crippen LogP contribution >= 0.6 is 11.8 Å². The number of rotatable bonds is 13. The lowest BCUT2D eigenvalue weighted by Crippen LogP contribution is -2.17. The first-order chi connectivity index (χ1) is 13.6. The van der Waals surface area contributed by atoms with E-state index in [1.54, 1.807) is 0 Å². The van der Waals surface area contributed by atoms with Gasteiger partial charge in [-0.1, -0.05) is 118 Å². The Kier molecular flexibility index (Phi) is 11.8. The second kappa shape index (κ2) is 12.9. The van der Waals surface area contributed by atoms with Crippen LogP contribution in [0.2, 0.25) is 0 Å². The van der Waals surface area contributed by atoms with Gasteiger partial charge in [-0.15, -0.1) is 0 Å². The Hall–Kier alpha value is -0.630. The molecule has 29 heavy (non-hydrogen) atoms. The molecule has 0 radical (unpaired) electrons. The van der Waals surface area contributed by atoms with Gasteiger partial charge in [-0.2, -0.15) is 11.8 Å². The largest absolute Gasteiger partial charge is 0.507 e. The van der Waals surface area contributed by atoms with Crippen molar-refractivity contribution in [2.45, 2.75) is 129 Å². The summed E-state index contributed by atoms with van der Waals surface area (Å²) in [5.41, 5.74) is 3.44. The van der Waals surface area contributed by atoms with E-state index in [4.69, 9.17) is 0 Å². The topological polar surface area (TPSA) is 20.2 Å². The van der Waals surface area contributed by atoms with E-state index >= 15 is 0 Å². The van der Waals surface area contributed by atoms with Crippen LogP contribution in [0.4, 0.5) is 0 Å². The molecule has 0 spiro atoms. The van der Waals surface area contributed by atoms with Crippen molar-refractivity contribution in [1.29, 1.82) is 0 Å². The highest BCUT2D eigenvalue weighted by molar-refractivity contribution is 7.98. The zero-order valence-corrected chi connectivity index (χ0v) is 21.3. The third-order valence-corrected chi connectivity index (χ3v) is 6.81. The summed E-state index contributed by atoms with van der Waals surface area (Å²) in [6.45, 7) is 15.4. The van der Waals surface area contributed by atoms with Gasteiger partial charge in [-0.3, -0.25) is 0 Å². The molecular formula is C27H48OS. The van der Waals surface area contributed by atoms with Gasteiger partial charge in [0.2, 0.25) is 0 Å². The highest BCUT2D eigenvalue weighted by Crippen LogP contribution is 2.40. The van der Waals surface area contributed by atoms with E-state index in [1.165, 1.54) is 75.5 Å². The highest BCUT2D eigenvalue weighted by atomic mass is 32.2. The second-order valence-electron chi connectivity index (χ2n) is 10.8. The minimum absolute atomic E-state index is 0.0404. The van der Waals surface area contributed by atoms with Gasteiger partial charge in [0.1, 0.15) is 5.75 Å². The van der Waals surface area contributed by atoms with Crippen LogP contribution in [-0.4, -0.2) is 10.9 Å². The first-order valence-electron chi connectivity index (χ1n) is 12.0. The Balaban J connectivity index is 2.39. The van der Waals surface area contributed by atoms with E-state index < -0.39 is 0 Å². The smallest absolute Gasteiger partial charge is 0.123 e. The zero-order valence-electron chi connectivity index (χ0n) is 20.5. The standard InChI is InChI=1S/C27H48OS/c1-8-9-10-11-12-13-14-15-16-17-18-29-21-22-19-23(26(2,3)4)25(28)24(20-22)27(5,6)7/h19-20,28H,8-18,21H2,1-7H3. The first kappa shape index (κ1) is 26.4. The predicted molar refractivity (Wildman–Crippen MR) is 134 cm³/mol. The molecule has 0 aromatic heterocycles. The predicted octanol–water partition coefficient (Wildman–Crippen LogP) is 9.14. The van der Waals surface area contributed by atoms with Crippen molar-refractivity contribution in [2.24, 2.45) is 0 Å². The summed E-state index contributed by atoms with van der Waals surface area (Å²) in [6.07, 6.45) is 14.0. The molecule has 168 valence electrons. The number of benzene rings is 1. The summed E-state index contributed by atoms with van der Waals surface area (Å²) in [7, 11) is 0. The number of unbranched alkanes of at least 4 members (excludes halogenated alkanes) is 9. The minimum atomic E-state index is -0.0404. The van der Waals surface area contributed by atoms with Gasteiger partial charge in [-0.05, 0) is 39.7 Å². The van der Waals surface area contributed by atoms with Crippen LogP contribution in [-0.2, 0) is 16.6 Å². The molecule has 0 amide bonds. The lowest BCUT2D eigenvalue weighted by atomic mass is 9.78. The van der Waals surface area contributed by atoms with E-state index in [0.717, 1.165) is 16.9 Å². The van der Waals surface area contributed by atoms with Gasteiger partial charge in [0.25, 0.3) is 0 Å². The Morgan fingerprint density at radius 2 is 1.10 bits per heavy atom. The van der Waals surface area contributed by atoms with Crippen molar-refractivity contribution >= 4 is 11.8 Å². The van der Waals surface area contributed by atoms with Gasteiger partial charge in [0, 0.05) is 5.75 Å². The molecule has 0 bridgehead atoms. The first-order valence-corrected chi connectivity index (χ1v) is 13.2. The van der Waals surface area contributed by atoms with Crippen molar-refractivity contribution in [1.82, 2.24) is 0 Å². The maximum atomic E-state index is 10.9. The third kappa shape index (κ3) is 10.3. The molecule has 1 aromatic carbocycles.